The molecule has 1 unspecified atom stereocenters. The number of hydrogen-bond donors (Lipinski definition) is 1. The standard InChI is InChI=1S/C15H24N2/c1-2-14-10-6-7-11-17(14)12-15(16)13-8-4-3-5-9-13/h3-5,8-9,14-15H,2,6-7,10-12,16H2,1H3/t14?,15-/m1/s1. The molecule has 1 heterocycles. The van der Waals surface area contributed by atoms with Crippen LogP contribution in [0.1, 0.15) is 44.2 Å². The van der Waals surface area contributed by atoms with E-state index in [1.165, 1.54) is 37.8 Å². The second-order valence-corrected chi connectivity index (χ2v) is 5.07. The Bertz CT molecular complexity index is 323. The van der Waals surface area contributed by atoms with Crippen LogP contribution in [0.3, 0.4) is 0 Å². The van der Waals surface area contributed by atoms with E-state index in [1.807, 2.05) is 6.07 Å². The van der Waals surface area contributed by atoms with Crippen LogP contribution in [0.5, 0.6) is 0 Å². The number of nitrogens with zero attached hydrogens (tertiary/aromatic N) is 1. The monoisotopic (exact) mass is 232 g/mol. The predicted octanol–water partition coefficient (Wildman–Crippen LogP) is 2.95. The van der Waals surface area contributed by atoms with Crippen molar-refractivity contribution in [3.05, 3.63) is 35.9 Å². The molecule has 1 saturated heterocycles. The first-order valence-electron chi connectivity index (χ1n) is 6.86. The Morgan fingerprint density at radius 2 is 2.06 bits per heavy atom. The predicted molar refractivity (Wildman–Crippen MR) is 72.9 cm³/mol. The van der Waals surface area contributed by atoms with Crippen LogP contribution in [0.4, 0.5) is 0 Å². The molecule has 1 aromatic rings. The summed E-state index contributed by atoms with van der Waals surface area (Å²) in [6, 6.07) is 11.4. The van der Waals surface area contributed by atoms with Crippen LogP contribution in [0.2, 0.25) is 0 Å². The van der Waals surface area contributed by atoms with Crippen LogP contribution in [0, 0.1) is 0 Å². The van der Waals surface area contributed by atoms with Crippen molar-refractivity contribution in [2.75, 3.05) is 13.1 Å². The van der Waals surface area contributed by atoms with Gasteiger partial charge in [-0.25, -0.2) is 0 Å². The van der Waals surface area contributed by atoms with Crippen molar-refractivity contribution in [2.24, 2.45) is 5.73 Å². The Labute approximate surface area is 105 Å². The van der Waals surface area contributed by atoms with Crippen molar-refractivity contribution in [1.82, 2.24) is 4.90 Å². The summed E-state index contributed by atoms with van der Waals surface area (Å²) in [6.45, 7) is 4.51. The lowest BCUT2D eigenvalue weighted by Crippen LogP contribution is -2.42. The summed E-state index contributed by atoms with van der Waals surface area (Å²) in [5.74, 6) is 0. The van der Waals surface area contributed by atoms with Gasteiger partial charge in [0.25, 0.3) is 0 Å². The fraction of sp³-hybridized carbons (Fsp3) is 0.600. The molecule has 2 atom stereocenters. The molecule has 0 bridgehead atoms. The molecule has 94 valence electrons. The fourth-order valence-corrected chi connectivity index (χ4v) is 2.82. The highest BCUT2D eigenvalue weighted by atomic mass is 15.2. The average Bonchev–Trinajstić information content (AvgIpc) is 2.40. The van der Waals surface area contributed by atoms with Crippen LogP contribution in [0.15, 0.2) is 30.3 Å². The van der Waals surface area contributed by atoms with Crippen molar-refractivity contribution in [3.8, 4) is 0 Å². The van der Waals surface area contributed by atoms with E-state index in [1.54, 1.807) is 0 Å². The highest BCUT2D eigenvalue weighted by Crippen LogP contribution is 2.22. The van der Waals surface area contributed by atoms with Crippen LogP contribution < -0.4 is 5.73 Å². The highest BCUT2D eigenvalue weighted by molar-refractivity contribution is 5.18. The van der Waals surface area contributed by atoms with E-state index < -0.39 is 0 Å². The molecule has 0 amide bonds. The first-order chi connectivity index (χ1) is 8.31. The van der Waals surface area contributed by atoms with Crippen molar-refractivity contribution in [2.45, 2.75) is 44.7 Å². The molecule has 2 heteroatoms. The molecule has 0 aliphatic carbocycles. The Balaban J connectivity index is 1.95. The Morgan fingerprint density at radius 3 is 2.76 bits per heavy atom. The van der Waals surface area contributed by atoms with E-state index in [4.69, 9.17) is 5.73 Å². The molecule has 2 N–H and O–H groups in total. The van der Waals surface area contributed by atoms with Crippen LogP contribution in [-0.2, 0) is 0 Å². The van der Waals surface area contributed by atoms with Crippen molar-refractivity contribution >= 4 is 0 Å². The zero-order valence-corrected chi connectivity index (χ0v) is 10.8. The molecule has 1 aliphatic heterocycles. The number of nitrogens with two attached hydrogens (primary N) is 1. The minimum absolute atomic E-state index is 0.156. The first-order valence-corrected chi connectivity index (χ1v) is 6.86. The summed E-state index contributed by atoms with van der Waals surface area (Å²) in [7, 11) is 0. The molecule has 2 nitrogen and oxygen atoms in total. The van der Waals surface area contributed by atoms with E-state index in [0.29, 0.717) is 0 Å². The van der Waals surface area contributed by atoms with Gasteiger partial charge in [0.1, 0.15) is 0 Å². The van der Waals surface area contributed by atoms with E-state index in [2.05, 4.69) is 36.1 Å². The summed E-state index contributed by atoms with van der Waals surface area (Å²) in [5.41, 5.74) is 7.56. The van der Waals surface area contributed by atoms with Crippen LogP contribution in [-0.4, -0.2) is 24.0 Å². The summed E-state index contributed by atoms with van der Waals surface area (Å²) in [6.07, 6.45) is 5.31. The van der Waals surface area contributed by atoms with Crippen molar-refractivity contribution in [3.63, 3.8) is 0 Å². The zero-order chi connectivity index (χ0) is 12.1. The second kappa shape index (κ2) is 6.18. The number of likely N-dealkylation sites (tertiary alicyclic amines) is 1. The number of piperidine rings is 1. The Hall–Kier alpha value is -0.860. The van der Waals surface area contributed by atoms with Gasteiger partial charge in [-0.3, -0.25) is 4.90 Å². The minimum Gasteiger partial charge on any atom is -0.323 e. The van der Waals surface area contributed by atoms with Gasteiger partial charge in [0, 0.05) is 18.6 Å². The van der Waals surface area contributed by atoms with Crippen molar-refractivity contribution in [1.29, 1.82) is 0 Å². The number of rotatable bonds is 4. The Morgan fingerprint density at radius 1 is 1.29 bits per heavy atom. The molecular formula is C15H24N2. The van der Waals surface area contributed by atoms with Gasteiger partial charge in [-0.2, -0.15) is 0 Å². The van der Waals surface area contributed by atoms with E-state index in [0.717, 1.165) is 12.6 Å². The van der Waals surface area contributed by atoms with Gasteiger partial charge < -0.3 is 5.73 Å². The van der Waals surface area contributed by atoms with Gasteiger partial charge in [0.15, 0.2) is 0 Å². The summed E-state index contributed by atoms with van der Waals surface area (Å²) < 4.78 is 0. The van der Waals surface area contributed by atoms with Gasteiger partial charge in [0.05, 0.1) is 0 Å². The lowest BCUT2D eigenvalue weighted by molar-refractivity contribution is 0.136. The third-order valence-electron chi connectivity index (χ3n) is 3.88. The maximum absolute atomic E-state index is 6.30. The Kier molecular flexibility index (Phi) is 4.57. The van der Waals surface area contributed by atoms with Crippen molar-refractivity contribution < 1.29 is 0 Å². The van der Waals surface area contributed by atoms with E-state index >= 15 is 0 Å². The lowest BCUT2D eigenvalue weighted by Gasteiger charge is -2.36. The number of hydrogen-bond acceptors (Lipinski definition) is 2. The maximum atomic E-state index is 6.30. The summed E-state index contributed by atoms with van der Waals surface area (Å²) in [4.78, 5) is 2.58. The molecule has 2 rings (SSSR count). The molecule has 0 spiro atoms. The summed E-state index contributed by atoms with van der Waals surface area (Å²) in [5, 5.41) is 0. The largest absolute Gasteiger partial charge is 0.323 e. The SMILES string of the molecule is CCC1CCCCN1C[C@@H](N)c1ccccc1. The second-order valence-electron chi connectivity index (χ2n) is 5.07. The molecule has 17 heavy (non-hydrogen) atoms. The fourth-order valence-electron chi connectivity index (χ4n) is 2.82. The highest BCUT2D eigenvalue weighted by Gasteiger charge is 2.22. The van der Waals surface area contributed by atoms with E-state index in [9.17, 15) is 0 Å². The third-order valence-corrected chi connectivity index (χ3v) is 3.88. The molecule has 1 aliphatic rings. The average molecular weight is 232 g/mol. The van der Waals surface area contributed by atoms with Gasteiger partial charge in [-0.15, -0.1) is 0 Å². The molecular weight excluding hydrogens is 208 g/mol. The molecule has 0 aromatic heterocycles. The smallest absolute Gasteiger partial charge is 0.0424 e. The lowest BCUT2D eigenvalue weighted by atomic mass is 9.98. The molecule has 0 saturated carbocycles. The normalized spacial score (nSPS) is 23.5. The van der Waals surface area contributed by atoms with Gasteiger partial charge in [0.2, 0.25) is 0 Å². The summed E-state index contributed by atoms with van der Waals surface area (Å²) >= 11 is 0. The quantitative estimate of drug-likeness (QED) is 0.865. The van der Waals surface area contributed by atoms with Crippen LogP contribution in [0.25, 0.3) is 0 Å². The molecule has 0 radical (unpaired) electrons. The zero-order valence-electron chi connectivity index (χ0n) is 10.8. The molecule has 1 aromatic carbocycles. The van der Waals surface area contributed by atoms with Gasteiger partial charge in [-0.05, 0) is 31.4 Å². The first kappa shape index (κ1) is 12.6. The molecule has 1 fully saturated rings. The van der Waals surface area contributed by atoms with Crippen LogP contribution >= 0.6 is 0 Å². The minimum atomic E-state index is 0.156. The van der Waals surface area contributed by atoms with E-state index in [-0.39, 0.29) is 6.04 Å². The van der Waals surface area contributed by atoms with Gasteiger partial charge in [-0.1, -0.05) is 43.7 Å². The van der Waals surface area contributed by atoms with Gasteiger partial charge >= 0.3 is 0 Å². The topological polar surface area (TPSA) is 29.3 Å². The third kappa shape index (κ3) is 3.30. The maximum Gasteiger partial charge on any atom is 0.0424 e. The number of benzene rings is 1.